The fraction of sp³-hybridized carbons (Fsp3) is 0.333. The minimum Gasteiger partial charge on any atom is -0.394 e. The molecular weight excluding hydrogens is 485 g/mol. The molecule has 4 rings (SSSR count). The van der Waals surface area contributed by atoms with E-state index in [1.54, 1.807) is 18.0 Å². The van der Waals surface area contributed by atoms with Crippen LogP contribution >= 0.6 is 0 Å². The summed E-state index contributed by atoms with van der Waals surface area (Å²) in [5.41, 5.74) is 3.57. The van der Waals surface area contributed by atoms with Crippen LogP contribution in [0.4, 0.5) is 14.9 Å². The monoisotopic (exact) mass is 519 g/mol. The highest BCUT2D eigenvalue weighted by atomic mass is 19.1. The van der Waals surface area contributed by atoms with E-state index in [2.05, 4.69) is 5.32 Å². The van der Waals surface area contributed by atoms with Crippen molar-refractivity contribution in [3.8, 4) is 11.1 Å². The molecule has 0 radical (unpaired) electrons. The summed E-state index contributed by atoms with van der Waals surface area (Å²) in [4.78, 5) is 29.9. The number of urea groups is 1. The molecule has 7 nitrogen and oxygen atoms in total. The van der Waals surface area contributed by atoms with E-state index in [4.69, 9.17) is 4.74 Å². The number of benzene rings is 3. The number of amides is 3. The lowest BCUT2D eigenvalue weighted by molar-refractivity contribution is -0.0178. The number of rotatable bonds is 5. The van der Waals surface area contributed by atoms with Crippen LogP contribution in [0.2, 0.25) is 0 Å². The molecule has 1 aliphatic rings. The number of carbonyl (C=O) groups excluding carboxylic acids is 2. The van der Waals surface area contributed by atoms with E-state index in [-0.39, 0.29) is 25.0 Å². The Morgan fingerprint density at radius 3 is 2.50 bits per heavy atom. The predicted octanol–water partition coefficient (Wildman–Crippen LogP) is 5.01. The summed E-state index contributed by atoms with van der Waals surface area (Å²) in [6.07, 6.45) is -0.422. The van der Waals surface area contributed by atoms with Gasteiger partial charge in [-0.05, 0) is 47.9 Å². The Hall–Kier alpha value is -3.75. The van der Waals surface area contributed by atoms with E-state index in [1.807, 2.05) is 62.4 Å². The van der Waals surface area contributed by atoms with Crippen LogP contribution in [-0.2, 0) is 11.3 Å². The van der Waals surface area contributed by atoms with Crippen molar-refractivity contribution >= 4 is 17.6 Å². The van der Waals surface area contributed by atoms with Gasteiger partial charge in [-0.3, -0.25) is 4.79 Å². The first kappa shape index (κ1) is 27.3. The molecule has 1 aliphatic heterocycles. The molecular formula is C30H34FN3O4. The van der Waals surface area contributed by atoms with Gasteiger partial charge in [-0.25, -0.2) is 9.18 Å². The average molecular weight is 520 g/mol. The number of nitrogens with zero attached hydrogens (tertiary/aromatic N) is 2. The summed E-state index contributed by atoms with van der Waals surface area (Å²) in [6.45, 7) is 4.47. The van der Waals surface area contributed by atoms with Gasteiger partial charge in [-0.15, -0.1) is 0 Å². The molecule has 8 heteroatoms. The number of aliphatic hydroxyl groups is 1. The molecule has 3 aromatic carbocycles. The van der Waals surface area contributed by atoms with Crippen LogP contribution in [0, 0.1) is 11.7 Å². The van der Waals surface area contributed by atoms with Crippen LogP contribution in [0.3, 0.4) is 0 Å². The zero-order valence-electron chi connectivity index (χ0n) is 21.9. The molecule has 3 amide bonds. The first-order chi connectivity index (χ1) is 18.3. The molecule has 0 bridgehead atoms. The van der Waals surface area contributed by atoms with E-state index in [0.29, 0.717) is 24.4 Å². The standard InChI is InChI=1S/C30H34FN3O4/c1-20-16-34(21(2)18-35)29(36)27-14-7-6-13-26(27)25-12-5-4-9-22(25)19-38-28(20)17-33(3)30(37)32-24-11-8-10-23(31)15-24/h4-15,20-21,28,35H,16-19H2,1-3H3,(H,32,37)/t20-,21-,28+/m0/s1. The second kappa shape index (κ2) is 12.2. The molecule has 0 spiro atoms. The van der Waals surface area contributed by atoms with Gasteiger partial charge < -0.3 is 25.0 Å². The molecule has 0 aromatic heterocycles. The van der Waals surface area contributed by atoms with Crippen LogP contribution in [-0.4, -0.2) is 65.7 Å². The predicted molar refractivity (Wildman–Crippen MR) is 145 cm³/mol. The minimum atomic E-state index is -0.437. The van der Waals surface area contributed by atoms with E-state index in [9.17, 15) is 19.1 Å². The van der Waals surface area contributed by atoms with Crippen LogP contribution in [0.15, 0.2) is 72.8 Å². The van der Waals surface area contributed by atoms with Gasteiger partial charge in [0.05, 0.1) is 25.4 Å². The number of carbonyl (C=O) groups is 2. The Morgan fingerprint density at radius 1 is 1.11 bits per heavy atom. The Labute approximate surface area is 222 Å². The number of likely N-dealkylation sites (N-methyl/N-ethyl adjacent to an activating group) is 1. The van der Waals surface area contributed by atoms with Gasteiger partial charge in [0.2, 0.25) is 0 Å². The largest absolute Gasteiger partial charge is 0.394 e. The Morgan fingerprint density at radius 2 is 1.79 bits per heavy atom. The number of aliphatic hydroxyl groups excluding tert-OH is 1. The lowest BCUT2D eigenvalue weighted by Gasteiger charge is -2.35. The lowest BCUT2D eigenvalue weighted by atomic mass is 9.94. The smallest absolute Gasteiger partial charge is 0.321 e. The van der Waals surface area contributed by atoms with Gasteiger partial charge in [0.25, 0.3) is 5.91 Å². The zero-order valence-corrected chi connectivity index (χ0v) is 21.9. The number of halogens is 1. The molecule has 3 atom stereocenters. The Kier molecular flexibility index (Phi) is 8.76. The molecule has 0 aliphatic carbocycles. The molecule has 0 fully saturated rings. The molecule has 3 aromatic rings. The zero-order chi connectivity index (χ0) is 27.2. The van der Waals surface area contributed by atoms with Crippen molar-refractivity contribution in [3.05, 3.63) is 89.7 Å². The second-order valence-electron chi connectivity index (χ2n) is 9.84. The number of nitrogens with one attached hydrogen (secondary N) is 1. The third-order valence-corrected chi connectivity index (χ3v) is 6.97. The van der Waals surface area contributed by atoms with Crippen molar-refractivity contribution in [2.24, 2.45) is 5.92 Å². The van der Waals surface area contributed by atoms with Gasteiger partial charge in [-0.1, -0.05) is 55.5 Å². The third-order valence-electron chi connectivity index (χ3n) is 6.97. The normalized spacial score (nSPS) is 18.6. The number of anilines is 1. The van der Waals surface area contributed by atoms with Gasteiger partial charge in [-0.2, -0.15) is 0 Å². The van der Waals surface area contributed by atoms with E-state index < -0.39 is 24.0 Å². The van der Waals surface area contributed by atoms with E-state index in [1.165, 1.54) is 23.1 Å². The fourth-order valence-electron chi connectivity index (χ4n) is 4.69. The number of hydrogen-bond acceptors (Lipinski definition) is 4. The molecule has 38 heavy (non-hydrogen) atoms. The number of ether oxygens (including phenoxy) is 1. The minimum absolute atomic E-state index is 0.165. The number of hydrogen-bond donors (Lipinski definition) is 2. The average Bonchev–Trinajstić information content (AvgIpc) is 2.94. The van der Waals surface area contributed by atoms with Gasteiger partial charge in [0.1, 0.15) is 5.82 Å². The first-order valence-corrected chi connectivity index (χ1v) is 12.8. The number of fused-ring (bicyclic) bond motifs is 3. The lowest BCUT2D eigenvalue weighted by Crippen LogP contribution is -2.48. The van der Waals surface area contributed by atoms with E-state index >= 15 is 0 Å². The summed E-state index contributed by atoms with van der Waals surface area (Å²) < 4.78 is 20.0. The topological polar surface area (TPSA) is 82.1 Å². The van der Waals surface area contributed by atoms with Crippen LogP contribution in [0.5, 0.6) is 0 Å². The maximum Gasteiger partial charge on any atom is 0.321 e. The van der Waals surface area contributed by atoms with Crippen molar-refractivity contribution in [3.63, 3.8) is 0 Å². The highest BCUT2D eigenvalue weighted by Gasteiger charge is 2.31. The highest BCUT2D eigenvalue weighted by Crippen LogP contribution is 2.31. The van der Waals surface area contributed by atoms with Gasteiger partial charge in [0, 0.05) is 37.3 Å². The second-order valence-corrected chi connectivity index (χ2v) is 9.84. The maximum atomic E-state index is 13.9. The van der Waals surface area contributed by atoms with Crippen molar-refractivity contribution in [1.29, 1.82) is 0 Å². The van der Waals surface area contributed by atoms with Crippen molar-refractivity contribution < 1.29 is 23.8 Å². The quantitative estimate of drug-likeness (QED) is 0.496. The van der Waals surface area contributed by atoms with Crippen LogP contribution in [0.25, 0.3) is 11.1 Å². The first-order valence-electron chi connectivity index (χ1n) is 12.8. The van der Waals surface area contributed by atoms with Crippen molar-refractivity contribution in [2.45, 2.75) is 32.6 Å². The Balaban J connectivity index is 1.65. The molecule has 1 heterocycles. The highest BCUT2D eigenvalue weighted by molar-refractivity contribution is 6.01. The SMILES string of the molecule is C[C@H]1CN([C@@H](C)CO)C(=O)c2ccccc2-c2ccccc2CO[C@@H]1CN(C)C(=O)Nc1cccc(F)c1. The van der Waals surface area contributed by atoms with Crippen molar-refractivity contribution in [1.82, 2.24) is 9.80 Å². The third kappa shape index (κ3) is 6.20. The summed E-state index contributed by atoms with van der Waals surface area (Å²) >= 11 is 0. The van der Waals surface area contributed by atoms with Crippen LogP contribution < -0.4 is 5.32 Å². The molecule has 0 saturated carbocycles. The summed E-state index contributed by atoms with van der Waals surface area (Å²) in [5, 5.41) is 12.7. The Bertz CT molecular complexity index is 1280. The van der Waals surface area contributed by atoms with Gasteiger partial charge in [0.15, 0.2) is 0 Å². The molecule has 0 saturated heterocycles. The summed E-state index contributed by atoms with van der Waals surface area (Å²) in [5.74, 6) is -0.773. The molecule has 200 valence electrons. The van der Waals surface area contributed by atoms with Gasteiger partial charge >= 0.3 is 6.03 Å². The maximum absolute atomic E-state index is 13.9. The van der Waals surface area contributed by atoms with Crippen molar-refractivity contribution in [2.75, 3.05) is 32.1 Å². The van der Waals surface area contributed by atoms with E-state index in [0.717, 1.165) is 16.7 Å². The summed E-state index contributed by atoms with van der Waals surface area (Å²) in [7, 11) is 1.65. The fourth-order valence-corrected chi connectivity index (χ4v) is 4.69. The van der Waals surface area contributed by atoms with Crippen LogP contribution in [0.1, 0.15) is 29.8 Å². The molecule has 2 N–H and O–H groups in total. The summed E-state index contributed by atoms with van der Waals surface area (Å²) in [6, 6.07) is 20.2. The molecule has 0 unspecified atom stereocenters.